The Labute approximate surface area is 173 Å². The lowest BCUT2D eigenvalue weighted by molar-refractivity contribution is -0.115. The molecule has 4 rings (SSSR count). The van der Waals surface area contributed by atoms with Crippen molar-refractivity contribution in [2.24, 2.45) is 0 Å². The predicted octanol–water partition coefficient (Wildman–Crippen LogP) is 3.12. The van der Waals surface area contributed by atoms with Crippen molar-refractivity contribution in [3.05, 3.63) is 71.3 Å². The van der Waals surface area contributed by atoms with E-state index >= 15 is 0 Å². The molecule has 1 fully saturated rings. The molecule has 0 radical (unpaired) electrons. The molecule has 0 unspecified atom stereocenters. The molecule has 1 aromatic carbocycles. The van der Waals surface area contributed by atoms with Gasteiger partial charge >= 0.3 is 0 Å². The lowest BCUT2D eigenvalue weighted by Crippen LogP contribution is -2.19. The molecule has 3 heterocycles. The molecule has 30 heavy (non-hydrogen) atoms. The van der Waals surface area contributed by atoms with Crippen molar-refractivity contribution in [2.75, 3.05) is 23.3 Å². The number of nitriles is 1. The standard InChI is InChI=1S/C22H21FN6O/c23-19-5-3-17(11-18(19)13-24)15-29-10-7-20(27-29)26-22(30)12-16-4-6-21(25-14-16)28-8-1-2-9-28/h3-7,10-11,14H,1-2,8-9,12,15H2,(H,26,27,30). The third-order valence-corrected chi connectivity index (χ3v) is 5.01. The summed E-state index contributed by atoms with van der Waals surface area (Å²) in [5, 5.41) is 16.0. The Hall–Kier alpha value is -3.73. The third-order valence-electron chi connectivity index (χ3n) is 5.01. The Balaban J connectivity index is 1.33. The zero-order chi connectivity index (χ0) is 20.9. The first kappa shape index (κ1) is 19.6. The van der Waals surface area contributed by atoms with E-state index in [1.54, 1.807) is 29.2 Å². The van der Waals surface area contributed by atoms with Crippen molar-refractivity contribution < 1.29 is 9.18 Å². The highest BCUT2D eigenvalue weighted by molar-refractivity contribution is 5.91. The Morgan fingerprint density at radius 3 is 2.70 bits per heavy atom. The summed E-state index contributed by atoms with van der Waals surface area (Å²) in [6.45, 7) is 2.43. The first-order valence-electron chi connectivity index (χ1n) is 9.82. The van der Waals surface area contributed by atoms with Crippen LogP contribution in [-0.4, -0.2) is 33.8 Å². The minimum Gasteiger partial charge on any atom is -0.357 e. The molecule has 1 N–H and O–H groups in total. The van der Waals surface area contributed by atoms with Crippen molar-refractivity contribution in [2.45, 2.75) is 25.8 Å². The van der Waals surface area contributed by atoms with Crippen LogP contribution in [0.4, 0.5) is 16.0 Å². The van der Waals surface area contributed by atoms with E-state index in [1.807, 2.05) is 18.2 Å². The van der Waals surface area contributed by atoms with Crippen LogP contribution in [0.1, 0.15) is 29.5 Å². The number of hydrogen-bond donors (Lipinski definition) is 1. The number of nitrogens with zero attached hydrogens (tertiary/aromatic N) is 5. The van der Waals surface area contributed by atoms with Gasteiger partial charge in [0, 0.05) is 31.5 Å². The first-order valence-corrected chi connectivity index (χ1v) is 9.82. The number of carbonyl (C=O) groups is 1. The van der Waals surface area contributed by atoms with Gasteiger partial charge in [-0.3, -0.25) is 9.48 Å². The van der Waals surface area contributed by atoms with Crippen LogP contribution in [-0.2, 0) is 17.8 Å². The van der Waals surface area contributed by atoms with Crippen LogP contribution in [0.2, 0.25) is 0 Å². The Morgan fingerprint density at radius 1 is 1.17 bits per heavy atom. The number of hydrogen-bond acceptors (Lipinski definition) is 5. The second-order valence-corrected chi connectivity index (χ2v) is 7.27. The average Bonchev–Trinajstić information content (AvgIpc) is 3.42. The van der Waals surface area contributed by atoms with Gasteiger partial charge in [-0.2, -0.15) is 10.4 Å². The second kappa shape index (κ2) is 8.74. The fourth-order valence-corrected chi connectivity index (χ4v) is 3.49. The normalized spacial score (nSPS) is 13.3. The number of anilines is 2. The van der Waals surface area contributed by atoms with Crippen LogP contribution in [0.25, 0.3) is 0 Å². The van der Waals surface area contributed by atoms with E-state index in [0.717, 1.165) is 30.0 Å². The molecule has 8 heteroatoms. The molecule has 7 nitrogen and oxygen atoms in total. The summed E-state index contributed by atoms with van der Waals surface area (Å²) in [5.41, 5.74) is 1.58. The van der Waals surface area contributed by atoms with Gasteiger partial charge in [0.25, 0.3) is 0 Å². The van der Waals surface area contributed by atoms with Gasteiger partial charge in [-0.05, 0) is 42.2 Å². The number of amides is 1. The molecule has 0 bridgehead atoms. The highest BCUT2D eigenvalue weighted by Crippen LogP contribution is 2.18. The quantitative estimate of drug-likeness (QED) is 0.682. The van der Waals surface area contributed by atoms with Crippen LogP contribution < -0.4 is 10.2 Å². The topological polar surface area (TPSA) is 86.8 Å². The molecule has 0 aliphatic carbocycles. The van der Waals surface area contributed by atoms with E-state index in [0.29, 0.717) is 12.4 Å². The molecule has 1 saturated heterocycles. The van der Waals surface area contributed by atoms with E-state index < -0.39 is 5.82 Å². The number of rotatable bonds is 6. The maximum absolute atomic E-state index is 13.4. The number of aromatic nitrogens is 3. The molecular weight excluding hydrogens is 383 g/mol. The molecule has 0 spiro atoms. The average molecular weight is 404 g/mol. The number of nitrogens with one attached hydrogen (secondary N) is 1. The number of benzene rings is 1. The van der Waals surface area contributed by atoms with Gasteiger partial charge in [-0.25, -0.2) is 9.37 Å². The smallest absolute Gasteiger partial charge is 0.230 e. The zero-order valence-corrected chi connectivity index (χ0v) is 16.4. The minimum absolute atomic E-state index is 0.00228. The Morgan fingerprint density at radius 2 is 1.97 bits per heavy atom. The summed E-state index contributed by atoms with van der Waals surface area (Å²) in [4.78, 5) is 19.1. The van der Waals surface area contributed by atoms with Crippen molar-refractivity contribution in [3.8, 4) is 6.07 Å². The summed E-state index contributed by atoms with van der Waals surface area (Å²) in [7, 11) is 0. The van der Waals surface area contributed by atoms with Crippen LogP contribution in [0.5, 0.6) is 0 Å². The third kappa shape index (κ3) is 4.63. The van der Waals surface area contributed by atoms with Gasteiger partial charge in [0.2, 0.25) is 5.91 Å². The summed E-state index contributed by atoms with van der Waals surface area (Å²) in [6.07, 6.45) is 6.06. The Bertz CT molecular complexity index is 1080. The lowest BCUT2D eigenvalue weighted by atomic mass is 10.1. The molecule has 1 amide bonds. The van der Waals surface area contributed by atoms with Crippen molar-refractivity contribution in [1.82, 2.24) is 14.8 Å². The highest BCUT2D eigenvalue weighted by Gasteiger charge is 2.14. The maximum Gasteiger partial charge on any atom is 0.230 e. The summed E-state index contributed by atoms with van der Waals surface area (Å²) < 4.78 is 15.1. The van der Waals surface area contributed by atoms with Crippen LogP contribution in [0, 0.1) is 17.1 Å². The van der Waals surface area contributed by atoms with Crippen molar-refractivity contribution in [1.29, 1.82) is 5.26 Å². The molecule has 2 aromatic heterocycles. The monoisotopic (exact) mass is 404 g/mol. The van der Waals surface area contributed by atoms with Gasteiger partial charge in [-0.15, -0.1) is 0 Å². The molecule has 1 aliphatic rings. The van der Waals surface area contributed by atoms with Gasteiger partial charge in [-0.1, -0.05) is 12.1 Å². The molecule has 0 atom stereocenters. The number of pyridine rings is 1. The van der Waals surface area contributed by atoms with E-state index in [4.69, 9.17) is 5.26 Å². The van der Waals surface area contributed by atoms with E-state index in [1.165, 1.54) is 25.0 Å². The SMILES string of the molecule is N#Cc1cc(Cn2ccc(NC(=O)Cc3ccc(N4CCCC4)nc3)n2)ccc1F. The summed E-state index contributed by atoms with van der Waals surface area (Å²) >= 11 is 0. The zero-order valence-electron chi connectivity index (χ0n) is 16.4. The number of halogens is 1. The summed E-state index contributed by atoms with van der Waals surface area (Å²) in [6, 6.07) is 11.8. The van der Waals surface area contributed by atoms with Crippen LogP contribution >= 0.6 is 0 Å². The highest BCUT2D eigenvalue weighted by atomic mass is 19.1. The van der Waals surface area contributed by atoms with Crippen LogP contribution in [0.3, 0.4) is 0 Å². The van der Waals surface area contributed by atoms with Crippen LogP contribution in [0.15, 0.2) is 48.8 Å². The molecule has 3 aromatic rings. The minimum atomic E-state index is -0.544. The second-order valence-electron chi connectivity index (χ2n) is 7.27. The Kier molecular flexibility index (Phi) is 5.70. The summed E-state index contributed by atoms with van der Waals surface area (Å²) in [5.74, 6) is 0.669. The predicted molar refractivity (Wildman–Crippen MR) is 110 cm³/mol. The first-order chi connectivity index (χ1) is 14.6. The van der Waals surface area contributed by atoms with Crippen molar-refractivity contribution in [3.63, 3.8) is 0 Å². The van der Waals surface area contributed by atoms with E-state index in [9.17, 15) is 9.18 Å². The van der Waals surface area contributed by atoms with Gasteiger partial charge < -0.3 is 10.2 Å². The molecule has 152 valence electrons. The van der Waals surface area contributed by atoms with Gasteiger partial charge in [0.15, 0.2) is 5.82 Å². The number of carbonyl (C=O) groups excluding carboxylic acids is 1. The maximum atomic E-state index is 13.4. The van der Waals surface area contributed by atoms with E-state index in [2.05, 4.69) is 20.3 Å². The lowest BCUT2D eigenvalue weighted by Gasteiger charge is -2.16. The molecule has 1 aliphatic heterocycles. The largest absolute Gasteiger partial charge is 0.357 e. The fraction of sp³-hybridized carbons (Fsp3) is 0.273. The fourth-order valence-electron chi connectivity index (χ4n) is 3.49. The van der Waals surface area contributed by atoms with Gasteiger partial charge in [0.05, 0.1) is 18.5 Å². The van der Waals surface area contributed by atoms with E-state index in [-0.39, 0.29) is 17.9 Å². The van der Waals surface area contributed by atoms with Gasteiger partial charge in [0.1, 0.15) is 17.7 Å². The van der Waals surface area contributed by atoms with Crippen molar-refractivity contribution >= 4 is 17.5 Å². The molecule has 0 saturated carbocycles. The molecular formula is C22H21FN6O.